The number of nitrogens with zero attached hydrogens (tertiary/aromatic N) is 1. The number of amides is 2. The van der Waals surface area contributed by atoms with Crippen molar-refractivity contribution in [3.05, 3.63) is 34.9 Å². The van der Waals surface area contributed by atoms with Crippen molar-refractivity contribution in [3.8, 4) is 0 Å². The number of ether oxygens (including phenoxy) is 1. The molecule has 4 rings (SSSR count). The lowest BCUT2D eigenvalue weighted by Gasteiger charge is -2.38. The van der Waals surface area contributed by atoms with Gasteiger partial charge in [-0.3, -0.25) is 9.59 Å². The van der Waals surface area contributed by atoms with Gasteiger partial charge in [0.05, 0.1) is 18.6 Å². The van der Waals surface area contributed by atoms with Crippen LogP contribution >= 0.6 is 11.6 Å². The second-order valence-corrected chi connectivity index (χ2v) is 9.09. The molecule has 0 unspecified atom stereocenters. The summed E-state index contributed by atoms with van der Waals surface area (Å²) in [6.45, 7) is 3.91. The van der Waals surface area contributed by atoms with Gasteiger partial charge in [-0.05, 0) is 55.1 Å². The molecule has 3 aliphatic rings. The van der Waals surface area contributed by atoms with Crippen molar-refractivity contribution in [2.45, 2.75) is 51.2 Å². The van der Waals surface area contributed by atoms with Crippen LogP contribution in [0.4, 0.5) is 0 Å². The Morgan fingerprint density at radius 3 is 2.57 bits per heavy atom. The molecule has 1 aromatic rings. The zero-order valence-electron chi connectivity index (χ0n) is 16.4. The number of likely N-dealkylation sites (tertiary alicyclic amines) is 1. The largest absolute Gasteiger partial charge is 0.376 e. The Kier molecular flexibility index (Phi) is 5.93. The number of carbonyl (C=O) groups excluding carboxylic acids is 2. The summed E-state index contributed by atoms with van der Waals surface area (Å²) >= 11 is 6.22. The molecule has 1 N–H and O–H groups in total. The molecule has 5 nitrogen and oxygen atoms in total. The van der Waals surface area contributed by atoms with Gasteiger partial charge in [-0.1, -0.05) is 29.8 Å². The molecule has 3 fully saturated rings. The van der Waals surface area contributed by atoms with Crippen molar-refractivity contribution in [3.63, 3.8) is 0 Å². The first-order valence-corrected chi connectivity index (χ1v) is 10.8. The van der Waals surface area contributed by atoms with Crippen LogP contribution in [0.5, 0.6) is 0 Å². The molecule has 0 spiro atoms. The number of benzene rings is 1. The Labute approximate surface area is 171 Å². The number of hydrogen-bond acceptors (Lipinski definition) is 3. The first-order valence-electron chi connectivity index (χ1n) is 10.4. The second kappa shape index (κ2) is 8.42. The molecular weight excluding hydrogens is 376 g/mol. The average molecular weight is 405 g/mol. The van der Waals surface area contributed by atoms with Crippen molar-refractivity contribution in [2.75, 3.05) is 19.7 Å². The quantitative estimate of drug-likeness (QED) is 0.792. The fraction of sp³-hybridized carbons (Fsp3) is 0.636. The van der Waals surface area contributed by atoms with Crippen LogP contribution in [-0.4, -0.2) is 48.6 Å². The first kappa shape index (κ1) is 19.7. The van der Waals surface area contributed by atoms with Crippen LogP contribution < -0.4 is 5.32 Å². The monoisotopic (exact) mass is 404 g/mol. The number of halogens is 1. The highest BCUT2D eigenvalue weighted by atomic mass is 35.5. The van der Waals surface area contributed by atoms with Crippen molar-refractivity contribution in [1.82, 2.24) is 10.2 Å². The third-order valence-corrected chi connectivity index (χ3v) is 6.77. The van der Waals surface area contributed by atoms with Gasteiger partial charge in [-0.15, -0.1) is 0 Å². The van der Waals surface area contributed by atoms with Gasteiger partial charge in [0.25, 0.3) is 0 Å². The summed E-state index contributed by atoms with van der Waals surface area (Å²) in [5.74, 6) is 1.70. The third-order valence-electron chi connectivity index (χ3n) is 6.40. The van der Waals surface area contributed by atoms with E-state index in [1.165, 1.54) is 12.8 Å². The molecule has 0 aromatic heterocycles. The highest BCUT2D eigenvalue weighted by molar-refractivity contribution is 6.31. The van der Waals surface area contributed by atoms with Crippen LogP contribution in [-0.2, 0) is 20.7 Å². The maximum atomic E-state index is 12.8. The summed E-state index contributed by atoms with van der Waals surface area (Å²) in [5.41, 5.74) is 0.880. The predicted molar refractivity (Wildman–Crippen MR) is 108 cm³/mol. The normalized spacial score (nSPS) is 29.4. The zero-order valence-corrected chi connectivity index (χ0v) is 17.2. The number of hydrogen-bond donors (Lipinski definition) is 1. The average Bonchev–Trinajstić information content (AvgIpc) is 3.39. The van der Waals surface area contributed by atoms with Gasteiger partial charge in [0.2, 0.25) is 11.8 Å². The van der Waals surface area contributed by atoms with Gasteiger partial charge in [-0.25, -0.2) is 0 Å². The number of fused-ring (bicyclic) bond motifs is 1. The molecule has 0 bridgehead atoms. The minimum atomic E-state index is -0.00637. The van der Waals surface area contributed by atoms with E-state index in [4.69, 9.17) is 16.3 Å². The zero-order chi connectivity index (χ0) is 19.7. The van der Waals surface area contributed by atoms with E-state index >= 15 is 0 Å². The van der Waals surface area contributed by atoms with Gasteiger partial charge < -0.3 is 15.0 Å². The van der Waals surface area contributed by atoms with Crippen LogP contribution in [0.2, 0.25) is 5.02 Å². The SMILES string of the molecule is CC(=O)N[C@@H]1C[C@@H]2CN(C(=O)Cc3ccccc3Cl)C[C@@H]2C[C@H]1OCC1CC1. The summed E-state index contributed by atoms with van der Waals surface area (Å²) in [7, 11) is 0. The Balaban J connectivity index is 1.38. The Morgan fingerprint density at radius 2 is 1.89 bits per heavy atom. The van der Waals surface area contributed by atoms with Gasteiger partial charge in [-0.2, -0.15) is 0 Å². The standard InChI is InChI=1S/C22H29ClN2O3/c1-14(26)24-20-8-17-11-25(22(27)10-16-4-2-3-5-19(16)23)12-18(17)9-21(20)28-13-15-6-7-15/h2-5,15,17-18,20-21H,6-13H2,1H3,(H,24,26)/t17-,18+,20-,21-/m1/s1. The lowest BCUT2D eigenvalue weighted by molar-refractivity contribution is -0.129. The van der Waals surface area contributed by atoms with Crippen molar-refractivity contribution >= 4 is 23.4 Å². The minimum Gasteiger partial charge on any atom is -0.376 e. The molecule has 0 radical (unpaired) electrons. The van der Waals surface area contributed by atoms with E-state index in [0.717, 1.165) is 38.1 Å². The first-order chi connectivity index (χ1) is 13.5. The summed E-state index contributed by atoms with van der Waals surface area (Å²) < 4.78 is 6.20. The molecule has 28 heavy (non-hydrogen) atoms. The molecule has 2 saturated carbocycles. The molecule has 4 atom stereocenters. The van der Waals surface area contributed by atoms with Gasteiger partial charge in [0.1, 0.15) is 0 Å². The fourth-order valence-corrected chi connectivity index (χ4v) is 4.88. The smallest absolute Gasteiger partial charge is 0.227 e. The lowest BCUT2D eigenvalue weighted by atomic mass is 9.77. The topological polar surface area (TPSA) is 58.6 Å². The Hall–Kier alpha value is -1.59. The van der Waals surface area contributed by atoms with E-state index in [0.29, 0.717) is 29.2 Å². The summed E-state index contributed by atoms with van der Waals surface area (Å²) in [6.07, 6.45) is 4.72. The number of carbonyl (C=O) groups is 2. The third kappa shape index (κ3) is 4.69. The van der Waals surface area contributed by atoms with E-state index in [9.17, 15) is 9.59 Å². The molecule has 2 amide bonds. The highest BCUT2D eigenvalue weighted by Gasteiger charge is 2.44. The molecule has 1 aromatic carbocycles. The second-order valence-electron chi connectivity index (χ2n) is 8.68. The van der Waals surface area contributed by atoms with Gasteiger partial charge >= 0.3 is 0 Å². The van der Waals surface area contributed by atoms with Crippen LogP contribution in [0, 0.1) is 17.8 Å². The number of rotatable bonds is 6. The van der Waals surface area contributed by atoms with Gasteiger partial charge in [0.15, 0.2) is 0 Å². The molecule has 6 heteroatoms. The highest BCUT2D eigenvalue weighted by Crippen LogP contribution is 2.39. The van der Waals surface area contributed by atoms with Crippen LogP contribution in [0.3, 0.4) is 0 Å². The van der Waals surface area contributed by atoms with E-state index in [2.05, 4.69) is 5.32 Å². The van der Waals surface area contributed by atoms with E-state index in [1.54, 1.807) is 6.92 Å². The van der Waals surface area contributed by atoms with E-state index in [1.807, 2.05) is 29.2 Å². The fourth-order valence-electron chi connectivity index (χ4n) is 4.67. The Bertz CT molecular complexity index is 736. The van der Waals surface area contributed by atoms with E-state index < -0.39 is 0 Å². The maximum Gasteiger partial charge on any atom is 0.227 e. The molecule has 1 heterocycles. The molecule has 2 aliphatic carbocycles. The van der Waals surface area contributed by atoms with Crippen molar-refractivity contribution in [1.29, 1.82) is 0 Å². The van der Waals surface area contributed by atoms with Gasteiger partial charge in [0, 0.05) is 31.6 Å². The van der Waals surface area contributed by atoms with Crippen LogP contribution in [0.1, 0.15) is 38.2 Å². The predicted octanol–water partition coefficient (Wildman–Crippen LogP) is 3.05. The van der Waals surface area contributed by atoms with Crippen LogP contribution in [0.25, 0.3) is 0 Å². The van der Waals surface area contributed by atoms with E-state index in [-0.39, 0.29) is 24.0 Å². The number of nitrogens with one attached hydrogen (secondary N) is 1. The minimum absolute atomic E-state index is 0.00637. The summed E-state index contributed by atoms with van der Waals surface area (Å²) in [4.78, 5) is 26.5. The maximum absolute atomic E-state index is 12.8. The van der Waals surface area contributed by atoms with Crippen LogP contribution in [0.15, 0.2) is 24.3 Å². The summed E-state index contributed by atoms with van der Waals surface area (Å²) in [6, 6.07) is 7.59. The Morgan fingerprint density at radius 1 is 1.18 bits per heavy atom. The summed E-state index contributed by atoms with van der Waals surface area (Å²) in [5, 5.41) is 3.74. The molecular formula is C22H29ClN2O3. The van der Waals surface area contributed by atoms with Crippen molar-refractivity contribution < 1.29 is 14.3 Å². The van der Waals surface area contributed by atoms with Crippen molar-refractivity contribution in [2.24, 2.45) is 17.8 Å². The molecule has 1 saturated heterocycles. The molecule has 152 valence electrons. The molecule has 1 aliphatic heterocycles. The lowest BCUT2D eigenvalue weighted by Crippen LogP contribution is -2.50.